The van der Waals surface area contributed by atoms with E-state index in [1.807, 2.05) is 0 Å². The van der Waals surface area contributed by atoms with Crippen molar-refractivity contribution in [1.82, 2.24) is 4.98 Å². The molecule has 0 spiro atoms. The van der Waals surface area contributed by atoms with Gasteiger partial charge >= 0.3 is 6.18 Å². The molecule has 0 saturated heterocycles. The van der Waals surface area contributed by atoms with Crippen LogP contribution in [0.2, 0.25) is 5.02 Å². The summed E-state index contributed by atoms with van der Waals surface area (Å²) in [6, 6.07) is 4.34. The fourth-order valence-corrected chi connectivity index (χ4v) is 2.07. The van der Waals surface area contributed by atoms with Gasteiger partial charge in [-0.25, -0.2) is 4.98 Å². The summed E-state index contributed by atoms with van der Waals surface area (Å²) in [4.78, 5) is 3.91. The number of ether oxygens (including phenoxy) is 1. The molecular weight excluding hydrogens is 360 g/mol. The molecular formula is C12H7BrClF3N2O. The van der Waals surface area contributed by atoms with E-state index < -0.39 is 11.7 Å². The molecule has 20 heavy (non-hydrogen) atoms. The number of pyridine rings is 1. The van der Waals surface area contributed by atoms with Crippen molar-refractivity contribution in [1.29, 1.82) is 0 Å². The first-order valence-corrected chi connectivity index (χ1v) is 6.40. The summed E-state index contributed by atoms with van der Waals surface area (Å²) in [5.74, 6) is 0.107. The van der Waals surface area contributed by atoms with Crippen molar-refractivity contribution in [3.8, 4) is 11.6 Å². The van der Waals surface area contributed by atoms with Crippen LogP contribution in [0.15, 0.2) is 34.9 Å². The molecule has 0 unspecified atom stereocenters. The van der Waals surface area contributed by atoms with Gasteiger partial charge in [-0.3, -0.25) is 0 Å². The van der Waals surface area contributed by atoms with E-state index >= 15 is 0 Å². The number of benzene rings is 1. The molecule has 8 heteroatoms. The summed E-state index contributed by atoms with van der Waals surface area (Å²) in [6.07, 6.45) is -3.01. The van der Waals surface area contributed by atoms with Crippen molar-refractivity contribution in [2.45, 2.75) is 6.18 Å². The number of nitrogen functional groups attached to an aromatic ring is 1. The molecule has 0 amide bonds. The standard InChI is InChI=1S/C12H7BrClF3N2O/c13-7-4-8(14)11(19-5-7)20-10-2-1-6(3-9(10)18)12(15,16)17/h1-5H,18H2. The number of alkyl halides is 3. The van der Waals surface area contributed by atoms with Crippen LogP contribution in [0.4, 0.5) is 18.9 Å². The van der Waals surface area contributed by atoms with Gasteiger partial charge in [0.25, 0.3) is 0 Å². The van der Waals surface area contributed by atoms with Crippen LogP contribution in [0.3, 0.4) is 0 Å². The van der Waals surface area contributed by atoms with E-state index in [-0.39, 0.29) is 22.3 Å². The van der Waals surface area contributed by atoms with Crippen molar-refractivity contribution < 1.29 is 17.9 Å². The van der Waals surface area contributed by atoms with E-state index in [9.17, 15) is 13.2 Å². The Bertz CT molecular complexity index is 649. The topological polar surface area (TPSA) is 48.1 Å². The van der Waals surface area contributed by atoms with Crippen LogP contribution in [-0.4, -0.2) is 4.98 Å². The zero-order valence-corrected chi connectivity index (χ0v) is 12.1. The maximum atomic E-state index is 12.5. The lowest BCUT2D eigenvalue weighted by Gasteiger charge is -2.12. The number of nitrogens with zero attached hydrogens (tertiary/aromatic N) is 1. The van der Waals surface area contributed by atoms with Crippen LogP contribution in [0.1, 0.15) is 5.56 Å². The summed E-state index contributed by atoms with van der Waals surface area (Å²) in [5, 5.41) is 0.207. The molecule has 2 rings (SSSR count). The highest BCUT2D eigenvalue weighted by Gasteiger charge is 2.31. The van der Waals surface area contributed by atoms with Gasteiger partial charge < -0.3 is 10.5 Å². The van der Waals surface area contributed by atoms with Gasteiger partial charge in [0.1, 0.15) is 5.02 Å². The molecule has 2 aromatic rings. The first kappa shape index (κ1) is 14.9. The van der Waals surface area contributed by atoms with Gasteiger partial charge in [0.15, 0.2) is 5.75 Å². The Morgan fingerprint density at radius 1 is 1.25 bits per heavy atom. The van der Waals surface area contributed by atoms with Crippen molar-refractivity contribution in [2.24, 2.45) is 0 Å². The molecule has 1 aromatic heterocycles. The third-order valence-corrected chi connectivity index (χ3v) is 3.02. The minimum Gasteiger partial charge on any atom is -0.435 e. The van der Waals surface area contributed by atoms with Gasteiger partial charge in [-0.05, 0) is 40.2 Å². The van der Waals surface area contributed by atoms with Gasteiger partial charge in [0, 0.05) is 10.7 Å². The minimum atomic E-state index is -4.46. The maximum Gasteiger partial charge on any atom is 0.416 e. The van der Waals surface area contributed by atoms with Crippen LogP contribution in [0, 0.1) is 0 Å². The van der Waals surface area contributed by atoms with Crippen molar-refractivity contribution >= 4 is 33.2 Å². The number of hydrogen-bond donors (Lipinski definition) is 1. The fraction of sp³-hybridized carbons (Fsp3) is 0.0833. The molecule has 0 aliphatic carbocycles. The minimum absolute atomic E-state index is 0.0507. The molecule has 0 atom stereocenters. The van der Waals surface area contributed by atoms with Gasteiger partial charge in [-0.2, -0.15) is 13.2 Å². The summed E-state index contributed by atoms with van der Waals surface area (Å²) in [6.45, 7) is 0. The Morgan fingerprint density at radius 3 is 2.50 bits per heavy atom. The number of anilines is 1. The highest BCUT2D eigenvalue weighted by molar-refractivity contribution is 9.10. The number of rotatable bonds is 2. The Balaban J connectivity index is 2.30. The van der Waals surface area contributed by atoms with E-state index in [1.165, 1.54) is 6.20 Å². The number of nitrogens with two attached hydrogens (primary N) is 1. The molecule has 0 bridgehead atoms. The zero-order valence-electron chi connectivity index (χ0n) is 9.71. The number of hydrogen-bond acceptors (Lipinski definition) is 3. The van der Waals surface area contributed by atoms with E-state index in [0.717, 1.165) is 18.2 Å². The maximum absolute atomic E-state index is 12.5. The van der Waals surface area contributed by atoms with E-state index in [2.05, 4.69) is 20.9 Å². The van der Waals surface area contributed by atoms with E-state index in [0.29, 0.717) is 4.47 Å². The molecule has 0 aliphatic heterocycles. The molecule has 106 valence electrons. The Hall–Kier alpha value is -1.47. The summed E-state index contributed by atoms with van der Waals surface area (Å²) in [5.41, 5.74) is 4.54. The number of halogens is 5. The first-order chi connectivity index (χ1) is 9.27. The molecule has 0 aliphatic rings. The first-order valence-electron chi connectivity index (χ1n) is 5.23. The van der Waals surface area contributed by atoms with Crippen molar-refractivity contribution in [3.05, 3.63) is 45.5 Å². The number of aromatic nitrogens is 1. The zero-order chi connectivity index (χ0) is 14.9. The lowest BCUT2D eigenvalue weighted by atomic mass is 10.2. The normalized spacial score (nSPS) is 11.4. The van der Waals surface area contributed by atoms with Crippen molar-refractivity contribution in [3.63, 3.8) is 0 Å². The lowest BCUT2D eigenvalue weighted by molar-refractivity contribution is -0.137. The summed E-state index contributed by atoms with van der Waals surface area (Å²) in [7, 11) is 0. The molecule has 0 fully saturated rings. The summed E-state index contributed by atoms with van der Waals surface area (Å²) >= 11 is 9.07. The molecule has 0 saturated carbocycles. The van der Waals surface area contributed by atoms with Gasteiger partial charge in [-0.15, -0.1) is 0 Å². The van der Waals surface area contributed by atoms with Crippen molar-refractivity contribution in [2.75, 3.05) is 5.73 Å². The Labute approximate surface area is 125 Å². The third kappa shape index (κ3) is 3.34. The van der Waals surface area contributed by atoms with Crippen LogP contribution in [0.25, 0.3) is 0 Å². The molecule has 0 radical (unpaired) electrons. The average molecular weight is 368 g/mol. The molecule has 1 heterocycles. The summed E-state index contributed by atoms with van der Waals surface area (Å²) < 4.78 is 43.5. The highest BCUT2D eigenvalue weighted by Crippen LogP contribution is 2.36. The SMILES string of the molecule is Nc1cc(C(F)(F)F)ccc1Oc1ncc(Br)cc1Cl. The van der Waals surface area contributed by atoms with E-state index in [1.54, 1.807) is 6.07 Å². The van der Waals surface area contributed by atoms with Crippen LogP contribution >= 0.6 is 27.5 Å². The van der Waals surface area contributed by atoms with Gasteiger partial charge in [-0.1, -0.05) is 11.6 Å². The second-order valence-corrected chi connectivity index (χ2v) is 5.12. The van der Waals surface area contributed by atoms with Crippen LogP contribution < -0.4 is 10.5 Å². The second-order valence-electron chi connectivity index (χ2n) is 3.79. The molecule has 1 aromatic carbocycles. The third-order valence-electron chi connectivity index (χ3n) is 2.32. The average Bonchev–Trinajstić information content (AvgIpc) is 2.33. The Kier molecular flexibility index (Phi) is 4.10. The van der Waals surface area contributed by atoms with Crippen LogP contribution in [-0.2, 0) is 6.18 Å². The predicted octanol–water partition coefficient (Wildman–Crippen LogP) is 4.89. The quantitative estimate of drug-likeness (QED) is 0.769. The van der Waals surface area contributed by atoms with Crippen LogP contribution in [0.5, 0.6) is 11.6 Å². The molecule has 2 N–H and O–H groups in total. The lowest BCUT2D eigenvalue weighted by Crippen LogP contribution is -2.06. The van der Waals surface area contributed by atoms with E-state index in [4.69, 9.17) is 22.1 Å². The predicted molar refractivity (Wildman–Crippen MR) is 72.9 cm³/mol. The monoisotopic (exact) mass is 366 g/mol. The highest BCUT2D eigenvalue weighted by atomic mass is 79.9. The largest absolute Gasteiger partial charge is 0.435 e. The van der Waals surface area contributed by atoms with Gasteiger partial charge in [0.2, 0.25) is 5.88 Å². The van der Waals surface area contributed by atoms with Gasteiger partial charge in [0.05, 0.1) is 11.3 Å². The smallest absolute Gasteiger partial charge is 0.416 e. The fourth-order valence-electron chi connectivity index (χ4n) is 1.40. The molecule has 3 nitrogen and oxygen atoms in total. The second kappa shape index (κ2) is 5.49. The Morgan fingerprint density at radius 2 is 1.95 bits per heavy atom.